The first-order chi connectivity index (χ1) is 16.2. The highest BCUT2D eigenvalue weighted by atomic mass is 19.4. The maximum Gasteiger partial charge on any atom is 0.371 e. The van der Waals surface area contributed by atoms with Gasteiger partial charge in [-0.3, -0.25) is 0 Å². The summed E-state index contributed by atoms with van der Waals surface area (Å²) in [5.41, 5.74) is 5.65. The van der Waals surface area contributed by atoms with E-state index in [1.54, 1.807) is 0 Å². The lowest BCUT2D eigenvalue weighted by Gasteiger charge is -2.20. The highest BCUT2D eigenvalue weighted by Gasteiger charge is 2.20. The van der Waals surface area contributed by atoms with Crippen molar-refractivity contribution >= 4 is 16.9 Å². The van der Waals surface area contributed by atoms with E-state index in [-0.39, 0.29) is 12.1 Å². The monoisotopic (exact) mass is 469 g/mol. The molecule has 34 heavy (non-hydrogen) atoms. The largest absolute Gasteiger partial charge is 0.655 e. The van der Waals surface area contributed by atoms with Gasteiger partial charge in [0.2, 0.25) is 0 Å². The molecule has 2 aromatic heterocycles. The lowest BCUT2D eigenvalue weighted by atomic mass is 10.0. The molecule has 6 nitrogen and oxygen atoms in total. The molecule has 2 N–H and O–H groups in total. The van der Waals surface area contributed by atoms with Gasteiger partial charge in [-0.05, 0) is 49.1 Å². The van der Waals surface area contributed by atoms with E-state index in [0.717, 1.165) is 27.6 Å². The molecule has 0 aliphatic rings. The first kappa shape index (κ1) is 24.9. The lowest BCUT2D eigenvalue weighted by molar-refractivity contribution is -0.113. The second-order valence-corrected chi connectivity index (χ2v) is 7.72. The van der Waals surface area contributed by atoms with Gasteiger partial charge in [0, 0.05) is 28.9 Å². The fourth-order valence-corrected chi connectivity index (χ4v) is 3.35. The summed E-state index contributed by atoms with van der Waals surface area (Å²) in [6.45, 7) is 3.13. The average molecular weight is 469 g/mol. The zero-order valence-electron chi connectivity index (χ0n) is 18.7. The Bertz CT molecular complexity index is 1270. The molecule has 2 aromatic carbocycles. The third kappa shape index (κ3) is 6.64. The van der Waals surface area contributed by atoms with Crippen molar-refractivity contribution in [2.75, 3.05) is 13.1 Å². The molecule has 0 spiro atoms. The van der Waals surface area contributed by atoms with Gasteiger partial charge in [-0.2, -0.15) is 13.2 Å². The smallest absolute Gasteiger partial charge is 0.371 e. The van der Waals surface area contributed by atoms with Gasteiger partial charge >= 0.3 is 12.1 Å². The van der Waals surface area contributed by atoms with Crippen LogP contribution in [0.1, 0.15) is 27.0 Å². The summed E-state index contributed by atoms with van der Waals surface area (Å²) in [7, 11) is 0. The molecule has 0 saturated heterocycles. The third-order valence-corrected chi connectivity index (χ3v) is 5.23. The molecule has 9 heteroatoms. The van der Waals surface area contributed by atoms with E-state index in [0.29, 0.717) is 12.1 Å². The molecule has 4 aromatic rings. The average Bonchev–Trinajstić information content (AvgIpc) is 3.21. The number of H-pyrrole nitrogens is 1. The minimum atomic E-state index is -4.19. The molecule has 0 aliphatic carbocycles. The fourth-order valence-electron chi connectivity index (χ4n) is 3.35. The molecule has 0 atom stereocenters. The second-order valence-electron chi connectivity index (χ2n) is 7.72. The molecule has 0 fully saturated rings. The molecule has 0 radical (unpaired) electrons. The number of rotatable bonds is 6. The Morgan fingerprint density at radius 1 is 1.12 bits per heavy atom. The van der Waals surface area contributed by atoms with Crippen LogP contribution in [-0.2, 0) is 6.42 Å². The number of carboxylic acids is 1. The van der Waals surface area contributed by atoms with Crippen LogP contribution in [-0.4, -0.2) is 45.3 Å². The number of aryl methyl sites for hydroxylation is 2. The van der Waals surface area contributed by atoms with Crippen LogP contribution in [0.4, 0.5) is 13.2 Å². The van der Waals surface area contributed by atoms with Gasteiger partial charge in [-0.15, -0.1) is 6.54 Å². The highest BCUT2D eigenvalue weighted by molar-refractivity contribution is 5.94. The highest BCUT2D eigenvalue weighted by Crippen LogP contribution is 2.23. The predicted octanol–water partition coefficient (Wildman–Crippen LogP) is 6.11. The number of nitrogens with zero attached hydrogens (tertiary/aromatic N) is 3. The molecule has 4 rings (SSSR count). The SMILES string of the molecule is Cc1ccc(-c2ncncc2C(=O)O)cc1C.FC(F)(F)C[N-]CCc1c[nH]c2ccccc12. The van der Waals surface area contributed by atoms with Crippen LogP contribution < -0.4 is 0 Å². The van der Waals surface area contributed by atoms with Crippen molar-refractivity contribution in [1.82, 2.24) is 15.0 Å². The number of hydrogen-bond acceptors (Lipinski definition) is 3. The second kappa shape index (κ2) is 10.9. The third-order valence-electron chi connectivity index (χ3n) is 5.23. The van der Waals surface area contributed by atoms with Crippen molar-refractivity contribution in [3.63, 3.8) is 0 Å². The van der Waals surface area contributed by atoms with E-state index in [1.165, 1.54) is 18.1 Å². The minimum absolute atomic E-state index is 0.121. The van der Waals surface area contributed by atoms with E-state index in [9.17, 15) is 18.0 Å². The van der Waals surface area contributed by atoms with Gasteiger partial charge in [0.05, 0.1) is 5.69 Å². The van der Waals surface area contributed by atoms with Gasteiger partial charge in [0.1, 0.15) is 11.9 Å². The minimum Gasteiger partial charge on any atom is -0.655 e. The number of para-hydroxylation sites is 1. The summed E-state index contributed by atoms with van der Waals surface area (Å²) >= 11 is 0. The maximum absolute atomic E-state index is 11.9. The van der Waals surface area contributed by atoms with E-state index in [4.69, 9.17) is 5.11 Å². The number of halogens is 3. The van der Waals surface area contributed by atoms with Gasteiger partial charge in [0.25, 0.3) is 0 Å². The van der Waals surface area contributed by atoms with Crippen LogP contribution in [0.25, 0.3) is 27.5 Å². The number of alkyl halides is 3. The summed E-state index contributed by atoms with van der Waals surface area (Å²) < 4.78 is 35.6. The molecular weight excluding hydrogens is 445 g/mol. The van der Waals surface area contributed by atoms with Crippen LogP contribution in [0, 0.1) is 13.8 Å². The first-order valence-electron chi connectivity index (χ1n) is 10.5. The Hall–Kier alpha value is -3.72. The van der Waals surface area contributed by atoms with Crippen molar-refractivity contribution in [2.24, 2.45) is 0 Å². The summed E-state index contributed by atoms with van der Waals surface area (Å²) in [5.74, 6) is -1.01. The van der Waals surface area contributed by atoms with Crippen LogP contribution in [0.15, 0.2) is 61.2 Å². The van der Waals surface area contributed by atoms with Crippen LogP contribution in [0.2, 0.25) is 0 Å². The number of benzene rings is 2. The molecule has 0 aliphatic heterocycles. The van der Waals surface area contributed by atoms with Crippen molar-refractivity contribution in [1.29, 1.82) is 0 Å². The number of aromatic nitrogens is 3. The van der Waals surface area contributed by atoms with Crippen molar-refractivity contribution in [2.45, 2.75) is 26.4 Å². The number of aromatic amines is 1. The molecular formula is C25H24F3N4O2-. The fraction of sp³-hybridized carbons (Fsp3) is 0.240. The van der Waals surface area contributed by atoms with Crippen molar-refractivity contribution in [3.05, 3.63) is 88.8 Å². The Morgan fingerprint density at radius 2 is 1.88 bits per heavy atom. The zero-order chi connectivity index (χ0) is 24.7. The number of hydrogen-bond donors (Lipinski definition) is 2. The summed E-state index contributed by atoms with van der Waals surface area (Å²) in [6.07, 6.45) is 0.838. The summed E-state index contributed by atoms with van der Waals surface area (Å²) in [5, 5.41) is 13.6. The number of fused-ring (bicyclic) bond motifs is 1. The lowest BCUT2D eigenvalue weighted by Crippen LogP contribution is -2.14. The molecule has 0 saturated carbocycles. The zero-order valence-corrected chi connectivity index (χ0v) is 18.7. The topological polar surface area (TPSA) is 93.0 Å². The summed E-state index contributed by atoms with van der Waals surface area (Å²) in [6, 6.07) is 13.5. The standard InChI is InChI=1S/C13H12N2O2.C12H12F3N2/c1-8-3-4-10(5-9(8)2)12-11(13(16)17)6-14-7-15-12;13-12(14,15)8-16-6-5-9-7-17-11-4-2-1-3-10(9)11/h3-7H,1-2H3,(H,16,17);1-4,7,17H,5-6,8H2/q;-1. The number of carboxylic acid groups (broad SMARTS) is 1. The van der Waals surface area contributed by atoms with Gasteiger partial charge in [-0.25, -0.2) is 14.8 Å². The number of nitrogens with one attached hydrogen (secondary N) is 1. The van der Waals surface area contributed by atoms with Crippen LogP contribution in [0.3, 0.4) is 0 Å². The van der Waals surface area contributed by atoms with E-state index < -0.39 is 18.7 Å². The normalized spacial score (nSPS) is 11.2. The molecule has 0 bridgehead atoms. The number of carbonyl (C=O) groups is 1. The van der Waals surface area contributed by atoms with E-state index in [2.05, 4.69) is 20.3 Å². The Labute approximate surface area is 194 Å². The summed E-state index contributed by atoms with van der Waals surface area (Å²) in [4.78, 5) is 21.9. The maximum atomic E-state index is 11.9. The van der Waals surface area contributed by atoms with E-state index >= 15 is 0 Å². The Balaban J connectivity index is 0.000000191. The predicted molar refractivity (Wildman–Crippen MR) is 125 cm³/mol. The first-order valence-corrected chi connectivity index (χ1v) is 10.5. The van der Waals surface area contributed by atoms with Crippen molar-refractivity contribution < 1.29 is 23.1 Å². The molecule has 178 valence electrons. The van der Waals surface area contributed by atoms with Gasteiger partial charge in [0.15, 0.2) is 0 Å². The van der Waals surface area contributed by atoms with Crippen LogP contribution >= 0.6 is 0 Å². The van der Waals surface area contributed by atoms with Gasteiger partial charge in [-0.1, -0.05) is 36.9 Å². The quantitative estimate of drug-likeness (QED) is 0.334. The molecule has 2 heterocycles. The number of aromatic carboxylic acids is 1. The Kier molecular flexibility index (Phi) is 8.01. The Morgan fingerprint density at radius 3 is 2.59 bits per heavy atom. The van der Waals surface area contributed by atoms with Crippen molar-refractivity contribution in [3.8, 4) is 11.3 Å². The molecule has 0 amide bonds. The van der Waals surface area contributed by atoms with Gasteiger partial charge < -0.3 is 15.4 Å². The van der Waals surface area contributed by atoms with Crippen LogP contribution in [0.5, 0.6) is 0 Å². The van der Waals surface area contributed by atoms with E-state index in [1.807, 2.05) is 62.5 Å². The molecule has 0 unspecified atom stereocenters.